The Labute approximate surface area is 124 Å². The van der Waals surface area contributed by atoms with Crippen molar-refractivity contribution in [2.45, 2.75) is 25.3 Å². The highest BCUT2D eigenvalue weighted by molar-refractivity contribution is 8.00. The lowest BCUT2D eigenvalue weighted by Crippen LogP contribution is -2.24. The molecule has 0 saturated heterocycles. The SMILES string of the molecule is Cc1ccc(C)c(SCC(=O)NCc2ccccc2)c1. The molecule has 2 nitrogen and oxygen atoms in total. The zero-order valence-electron chi connectivity index (χ0n) is 11.8. The Balaban J connectivity index is 1.82. The van der Waals surface area contributed by atoms with Crippen LogP contribution in [0.25, 0.3) is 0 Å². The van der Waals surface area contributed by atoms with E-state index >= 15 is 0 Å². The van der Waals surface area contributed by atoms with Crippen LogP contribution in [0.15, 0.2) is 53.4 Å². The van der Waals surface area contributed by atoms with E-state index in [2.05, 4.69) is 37.4 Å². The number of aryl methyl sites for hydroxylation is 2. The summed E-state index contributed by atoms with van der Waals surface area (Å²) in [5, 5.41) is 2.94. The van der Waals surface area contributed by atoms with Crippen molar-refractivity contribution in [2.75, 3.05) is 5.75 Å². The molecule has 0 heterocycles. The van der Waals surface area contributed by atoms with Crippen molar-refractivity contribution in [3.8, 4) is 0 Å². The number of carbonyl (C=O) groups excluding carboxylic acids is 1. The Morgan fingerprint density at radius 2 is 1.85 bits per heavy atom. The molecule has 1 amide bonds. The first-order valence-corrected chi connectivity index (χ1v) is 7.64. The lowest BCUT2D eigenvalue weighted by atomic mass is 10.2. The standard InChI is InChI=1S/C17H19NOS/c1-13-8-9-14(2)16(10-13)20-12-17(19)18-11-15-6-4-3-5-7-15/h3-10H,11-12H2,1-2H3,(H,18,19). The quantitative estimate of drug-likeness (QED) is 0.848. The smallest absolute Gasteiger partial charge is 0.230 e. The number of amides is 1. The van der Waals surface area contributed by atoms with Gasteiger partial charge in [-0.25, -0.2) is 0 Å². The van der Waals surface area contributed by atoms with E-state index in [-0.39, 0.29) is 5.91 Å². The first-order valence-electron chi connectivity index (χ1n) is 6.66. The maximum absolute atomic E-state index is 11.9. The van der Waals surface area contributed by atoms with Crippen LogP contribution in [0, 0.1) is 13.8 Å². The van der Waals surface area contributed by atoms with Crippen molar-refractivity contribution in [3.05, 3.63) is 65.2 Å². The molecule has 0 spiro atoms. The molecule has 0 radical (unpaired) electrons. The molecule has 3 heteroatoms. The van der Waals surface area contributed by atoms with Crippen molar-refractivity contribution >= 4 is 17.7 Å². The minimum absolute atomic E-state index is 0.0692. The van der Waals surface area contributed by atoms with Crippen LogP contribution in [0.5, 0.6) is 0 Å². The van der Waals surface area contributed by atoms with Crippen LogP contribution in [-0.4, -0.2) is 11.7 Å². The lowest BCUT2D eigenvalue weighted by Gasteiger charge is -2.08. The van der Waals surface area contributed by atoms with Crippen molar-refractivity contribution in [3.63, 3.8) is 0 Å². The van der Waals surface area contributed by atoms with E-state index in [0.717, 1.165) is 5.56 Å². The first kappa shape index (κ1) is 14.7. The third-order valence-corrected chi connectivity index (χ3v) is 4.19. The fourth-order valence-corrected chi connectivity index (χ4v) is 2.81. The lowest BCUT2D eigenvalue weighted by molar-refractivity contribution is -0.118. The minimum Gasteiger partial charge on any atom is -0.351 e. The van der Waals surface area contributed by atoms with Crippen LogP contribution in [0.1, 0.15) is 16.7 Å². The fraction of sp³-hybridized carbons (Fsp3) is 0.235. The highest BCUT2D eigenvalue weighted by atomic mass is 32.2. The molecule has 2 aromatic carbocycles. The molecule has 0 atom stereocenters. The van der Waals surface area contributed by atoms with Crippen molar-refractivity contribution in [1.29, 1.82) is 0 Å². The van der Waals surface area contributed by atoms with Crippen LogP contribution in [0.2, 0.25) is 0 Å². The van der Waals surface area contributed by atoms with Gasteiger partial charge in [-0.1, -0.05) is 48.0 Å². The Morgan fingerprint density at radius 3 is 2.60 bits per heavy atom. The van der Waals surface area contributed by atoms with Crippen LogP contribution in [0.3, 0.4) is 0 Å². The monoisotopic (exact) mass is 285 g/mol. The number of rotatable bonds is 5. The molecule has 2 rings (SSSR count). The van der Waals surface area contributed by atoms with Gasteiger partial charge in [0.2, 0.25) is 5.91 Å². The number of benzene rings is 2. The van der Waals surface area contributed by atoms with E-state index in [1.165, 1.54) is 16.0 Å². The predicted octanol–water partition coefficient (Wildman–Crippen LogP) is 3.71. The second-order valence-corrected chi connectivity index (χ2v) is 5.84. The highest BCUT2D eigenvalue weighted by Crippen LogP contribution is 2.23. The summed E-state index contributed by atoms with van der Waals surface area (Å²) in [6.45, 7) is 4.73. The molecule has 104 valence electrons. The summed E-state index contributed by atoms with van der Waals surface area (Å²) in [4.78, 5) is 13.0. The Bertz CT molecular complexity index is 581. The second-order valence-electron chi connectivity index (χ2n) is 4.82. The molecular weight excluding hydrogens is 266 g/mol. The second kappa shape index (κ2) is 7.15. The predicted molar refractivity (Wildman–Crippen MR) is 84.9 cm³/mol. The van der Waals surface area contributed by atoms with Crippen LogP contribution in [-0.2, 0) is 11.3 Å². The minimum atomic E-state index is 0.0692. The summed E-state index contributed by atoms with van der Waals surface area (Å²) >= 11 is 1.59. The van der Waals surface area contributed by atoms with E-state index in [0.29, 0.717) is 12.3 Å². The number of hydrogen-bond acceptors (Lipinski definition) is 2. The van der Waals surface area contributed by atoms with Gasteiger partial charge in [-0.2, -0.15) is 0 Å². The number of thioether (sulfide) groups is 1. The molecule has 0 aliphatic rings. The zero-order valence-corrected chi connectivity index (χ0v) is 12.7. The highest BCUT2D eigenvalue weighted by Gasteiger charge is 2.05. The maximum atomic E-state index is 11.9. The van der Waals surface area contributed by atoms with Gasteiger partial charge < -0.3 is 5.32 Å². The topological polar surface area (TPSA) is 29.1 Å². The number of hydrogen-bond donors (Lipinski definition) is 1. The Hall–Kier alpha value is -1.74. The number of nitrogens with one attached hydrogen (secondary N) is 1. The van der Waals surface area contributed by atoms with Gasteiger partial charge in [0.05, 0.1) is 5.75 Å². The molecule has 0 bridgehead atoms. The molecule has 0 aliphatic carbocycles. The molecule has 20 heavy (non-hydrogen) atoms. The molecule has 0 aromatic heterocycles. The van der Waals surface area contributed by atoms with E-state index in [9.17, 15) is 4.79 Å². The van der Waals surface area contributed by atoms with Crippen molar-refractivity contribution in [1.82, 2.24) is 5.32 Å². The van der Waals surface area contributed by atoms with Gasteiger partial charge in [-0.15, -0.1) is 11.8 Å². The van der Waals surface area contributed by atoms with Gasteiger partial charge in [-0.05, 0) is 31.0 Å². The third-order valence-electron chi connectivity index (χ3n) is 3.03. The summed E-state index contributed by atoms with van der Waals surface area (Å²) < 4.78 is 0. The Morgan fingerprint density at radius 1 is 1.10 bits per heavy atom. The van der Waals surface area contributed by atoms with E-state index in [1.807, 2.05) is 30.3 Å². The largest absolute Gasteiger partial charge is 0.351 e. The maximum Gasteiger partial charge on any atom is 0.230 e. The van der Waals surface area contributed by atoms with E-state index < -0.39 is 0 Å². The molecular formula is C17H19NOS. The average Bonchev–Trinajstić information content (AvgIpc) is 2.47. The van der Waals surface area contributed by atoms with Crippen LogP contribution in [0.4, 0.5) is 0 Å². The van der Waals surface area contributed by atoms with Gasteiger partial charge in [0.15, 0.2) is 0 Å². The van der Waals surface area contributed by atoms with Crippen LogP contribution >= 0.6 is 11.8 Å². The summed E-state index contributed by atoms with van der Waals surface area (Å²) in [7, 11) is 0. The summed E-state index contributed by atoms with van der Waals surface area (Å²) in [6, 6.07) is 16.3. The van der Waals surface area contributed by atoms with Crippen molar-refractivity contribution < 1.29 is 4.79 Å². The fourth-order valence-electron chi connectivity index (χ4n) is 1.85. The molecule has 0 saturated carbocycles. The van der Waals surface area contributed by atoms with Gasteiger partial charge in [0.25, 0.3) is 0 Å². The molecule has 2 aromatic rings. The molecule has 0 unspecified atom stereocenters. The zero-order chi connectivity index (χ0) is 14.4. The Kier molecular flexibility index (Phi) is 5.24. The first-order chi connectivity index (χ1) is 9.65. The summed E-state index contributed by atoms with van der Waals surface area (Å²) in [5.74, 6) is 0.525. The van der Waals surface area contributed by atoms with Gasteiger partial charge >= 0.3 is 0 Å². The number of carbonyl (C=O) groups is 1. The average molecular weight is 285 g/mol. The third kappa shape index (κ3) is 4.42. The summed E-state index contributed by atoms with van der Waals surface area (Å²) in [5.41, 5.74) is 3.57. The van der Waals surface area contributed by atoms with Gasteiger partial charge in [0, 0.05) is 11.4 Å². The normalized spacial score (nSPS) is 10.3. The summed E-state index contributed by atoms with van der Waals surface area (Å²) in [6.07, 6.45) is 0. The molecule has 1 N–H and O–H groups in total. The molecule has 0 fully saturated rings. The molecule has 0 aliphatic heterocycles. The van der Waals surface area contributed by atoms with Crippen molar-refractivity contribution in [2.24, 2.45) is 0 Å². The van der Waals surface area contributed by atoms with Gasteiger partial charge in [-0.3, -0.25) is 4.79 Å². The van der Waals surface area contributed by atoms with Crippen LogP contribution < -0.4 is 5.32 Å². The van der Waals surface area contributed by atoms with E-state index in [4.69, 9.17) is 0 Å². The van der Waals surface area contributed by atoms with Gasteiger partial charge in [0.1, 0.15) is 0 Å². The van der Waals surface area contributed by atoms with E-state index in [1.54, 1.807) is 11.8 Å².